The number of nitrogens with zero attached hydrogens (tertiary/aromatic N) is 3. The molecule has 0 bridgehead atoms. The number of thiazole rings is 1. The fourth-order valence-corrected chi connectivity index (χ4v) is 5.25. The van der Waals surface area contributed by atoms with Gasteiger partial charge in [0, 0.05) is 18.0 Å². The molecule has 4 rings (SSSR count). The summed E-state index contributed by atoms with van der Waals surface area (Å²) >= 11 is 0.943. The number of amides is 1. The molecule has 0 aliphatic carbocycles. The molecule has 210 valence electrons. The maximum absolute atomic E-state index is 13.5. The molecule has 40 heavy (non-hydrogen) atoms. The molecule has 11 heteroatoms. The molecule has 1 atom stereocenters. The number of pyridine rings is 1. The van der Waals surface area contributed by atoms with Crippen molar-refractivity contribution >= 4 is 39.9 Å². The van der Waals surface area contributed by atoms with Crippen LogP contribution in [-0.4, -0.2) is 53.1 Å². The Morgan fingerprint density at radius 2 is 1.88 bits per heavy atom. The van der Waals surface area contributed by atoms with Crippen LogP contribution >= 0.6 is 11.3 Å². The van der Waals surface area contributed by atoms with Crippen molar-refractivity contribution < 1.29 is 33.7 Å². The van der Waals surface area contributed by atoms with E-state index in [-0.39, 0.29) is 27.9 Å². The number of carbonyl (C=O) groups excluding carboxylic acids is 3. The summed E-state index contributed by atoms with van der Waals surface area (Å²) < 4.78 is 16.6. The maximum atomic E-state index is 13.5. The summed E-state index contributed by atoms with van der Waals surface area (Å²) in [7, 11) is 1.50. The molecule has 3 heterocycles. The molecule has 1 aliphatic rings. The summed E-state index contributed by atoms with van der Waals surface area (Å²) in [4.78, 5) is 49.2. The van der Waals surface area contributed by atoms with Gasteiger partial charge in [0.25, 0.3) is 5.78 Å². The lowest BCUT2D eigenvalue weighted by atomic mass is 9.95. The van der Waals surface area contributed by atoms with E-state index in [0.29, 0.717) is 40.8 Å². The fourth-order valence-electron chi connectivity index (χ4n) is 4.26. The van der Waals surface area contributed by atoms with Crippen LogP contribution in [0.3, 0.4) is 0 Å². The molecule has 1 amide bonds. The molecule has 10 nitrogen and oxygen atoms in total. The number of aliphatic hydroxyl groups is 1. The van der Waals surface area contributed by atoms with E-state index >= 15 is 0 Å². The van der Waals surface area contributed by atoms with Crippen molar-refractivity contribution in [3.8, 4) is 11.5 Å². The van der Waals surface area contributed by atoms with Crippen LogP contribution in [0.1, 0.15) is 59.7 Å². The van der Waals surface area contributed by atoms with E-state index in [1.54, 1.807) is 44.2 Å². The van der Waals surface area contributed by atoms with Crippen molar-refractivity contribution in [3.63, 3.8) is 0 Å². The Hall–Kier alpha value is -4.25. The predicted octanol–water partition coefficient (Wildman–Crippen LogP) is 5.08. The van der Waals surface area contributed by atoms with Crippen molar-refractivity contribution in [1.29, 1.82) is 0 Å². The van der Waals surface area contributed by atoms with Crippen LogP contribution in [0.15, 0.2) is 48.3 Å². The highest BCUT2D eigenvalue weighted by Gasteiger charge is 2.48. The second kappa shape index (κ2) is 12.3. The standard InChI is InChI=1S/C29H31N3O7S/c1-6-38-28(36)26-17(4)31-29(40-26)32-23(19-7-8-20(21(15-19)37-5)39-14-11-16(2)3)22(25(34)27(32)35)24(33)18-9-12-30-13-10-18/h7-10,12-13,15-16,23,33H,6,11,14H2,1-5H3. The van der Waals surface area contributed by atoms with Crippen LogP contribution < -0.4 is 14.4 Å². The Labute approximate surface area is 236 Å². The van der Waals surface area contributed by atoms with Gasteiger partial charge in [-0.05, 0) is 56.0 Å². The molecule has 1 aromatic carbocycles. The van der Waals surface area contributed by atoms with Crippen LogP contribution in [0.2, 0.25) is 0 Å². The second-order valence-electron chi connectivity index (χ2n) is 9.48. The van der Waals surface area contributed by atoms with Gasteiger partial charge in [-0.25, -0.2) is 9.78 Å². The predicted molar refractivity (Wildman–Crippen MR) is 150 cm³/mol. The van der Waals surface area contributed by atoms with E-state index in [4.69, 9.17) is 14.2 Å². The molecule has 1 aliphatic heterocycles. The largest absolute Gasteiger partial charge is 0.507 e. The number of methoxy groups -OCH3 is 1. The Morgan fingerprint density at radius 1 is 1.15 bits per heavy atom. The van der Waals surface area contributed by atoms with Crippen molar-refractivity contribution in [1.82, 2.24) is 9.97 Å². The fraction of sp³-hybridized carbons (Fsp3) is 0.345. The van der Waals surface area contributed by atoms with Gasteiger partial charge in [-0.2, -0.15) is 0 Å². The van der Waals surface area contributed by atoms with Gasteiger partial charge in [0.05, 0.1) is 37.6 Å². The number of benzene rings is 1. The number of hydrogen-bond acceptors (Lipinski definition) is 10. The number of aliphatic hydroxyl groups excluding tert-OH is 1. The molecule has 0 saturated carbocycles. The lowest BCUT2D eigenvalue weighted by Crippen LogP contribution is -2.29. The van der Waals surface area contributed by atoms with Gasteiger partial charge in [-0.1, -0.05) is 31.3 Å². The first-order chi connectivity index (χ1) is 19.2. The first-order valence-corrected chi connectivity index (χ1v) is 13.7. The summed E-state index contributed by atoms with van der Waals surface area (Å²) in [6.07, 6.45) is 3.80. The highest BCUT2D eigenvalue weighted by atomic mass is 32.1. The first kappa shape index (κ1) is 28.8. The SMILES string of the molecule is CCOC(=O)c1sc(N2C(=O)C(=O)C(=C(O)c3ccncc3)C2c2ccc(OCCC(C)C)c(OC)c2)nc1C. The van der Waals surface area contributed by atoms with E-state index in [1.807, 2.05) is 0 Å². The zero-order valence-electron chi connectivity index (χ0n) is 23.0. The summed E-state index contributed by atoms with van der Waals surface area (Å²) in [6, 6.07) is 7.10. The number of Topliss-reactive ketones (excluding diaryl/α,β-unsaturated/α-hetero) is 1. The van der Waals surface area contributed by atoms with Crippen LogP contribution in [0.4, 0.5) is 5.13 Å². The molecule has 2 aromatic heterocycles. The molecule has 0 radical (unpaired) electrons. The minimum atomic E-state index is -1.06. The third-order valence-electron chi connectivity index (χ3n) is 6.31. The number of ketones is 1. The van der Waals surface area contributed by atoms with Crippen molar-refractivity contribution in [2.75, 3.05) is 25.2 Å². The molecule has 1 unspecified atom stereocenters. The van der Waals surface area contributed by atoms with E-state index in [0.717, 1.165) is 17.8 Å². The van der Waals surface area contributed by atoms with Crippen LogP contribution in [0.25, 0.3) is 5.76 Å². The van der Waals surface area contributed by atoms with E-state index in [1.165, 1.54) is 24.4 Å². The third kappa shape index (κ3) is 5.69. The average Bonchev–Trinajstić information content (AvgIpc) is 3.45. The van der Waals surface area contributed by atoms with Crippen LogP contribution in [-0.2, 0) is 14.3 Å². The number of ether oxygens (including phenoxy) is 3. The quantitative estimate of drug-likeness (QED) is 0.155. The Kier molecular flexibility index (Phi) is 8.83. The minimum absolute atomic E-state index is 0.123. The molecule has 1 N–H and O–H groups in total. The third-order valence-corrected chi connectivity index (χ3v) is 7.44. The first-order valence-electron chi connectivity index (χ1n) is 12.8. The number of aromatic nitrogens is 2. The van der Waals surface area contributed by atoms with Gasteiger partial charge in [0.1, 0.15) is 10.6 Å². The highest BCUT2D eigenvalue weighted by molar-refractivity contribution is 7.17. The summed E-state index contributed by atoms with van der Waals surface area (Å²) in [5.74, 6) is -1.34. The number of esters is 1. The summed E-state index contributed by atoms with van der Waals surface area (Å²) in [5, 5.41) is 11.4. The number of carbonyl (C=O) groups is 3. The van der Waals surface area contributed by atoms with E-state index < -0.39 is 23.7 Å². The van der Waals surface area contributed by atoms with E-state index in [9.17, 15) is 19.5 Å². The average molecular weight is 566 g/mol. The zero-order valence-corrected chi connectivity index (χ0v) is 23.8. The van der Waals surface area contributed by atoms with Gasteiger partial charge in [-0.3, -0.25) is 19.5 Å². The molecular weight excluding hydrogens is 534 g/mol. The van der Waals surface area contributed by atoms with Gasteiger partial charge < -0.3 is 19.3 Å². The summed E-state index contributed by atoms with van der Waals surface area (Å²) in [5.41, 5.74) is 1.03. The Balaban J connectivity index is 1.86. The minimum Gasteiger partial charge on any atom is -0.507 e. The second-order valence-corrected chi connectivity index (χ2v) is 10.5. The molecular formula is C29H31N3O7S. The van der Waals surface area contributed by atoms with Gasteiger partial charge in [0.15, 0.2) is 16.6 Å². The molecule has 3 aromatic rings. The number of aryl methyl sites for hydroxylation is 1. The maximum Gasteiger partial charge on any atom is 0.350 e. The van der Waals surface area contributed by atoms with E-state index in [2.05, 4.69) is 23.8 Å². The lowest BCUT2D eigenvalue weighted by molar-refractivity contribution is -0.132. The number of hydrogen-bond donors (Lipinski definition) is 1. The smallest absolute Gasteiger partial charge is 0.350 e. The number of rotatable bonds is 10. The van der Waals surface area contributed by atoms with Crippen LogP contribution in [0, 0.1) is 12.8 Å². The summed E-state index contributed by atoms with van der Waals surface area (Å²) in [6.45, 7) is 8.18. The zero-order chi connectivity index (χ0) is 29.0. The van der Waals surface area contributed by atoms with Crippen LogP contribution in [0.5, 0.6) is 11.5 Å². The van der Waals surface area contributed by atoms with Gasteiger partial charge in [-0.15, -0.1) is 0 Å². The monoisotopic (exact) mass is 565 g/mol. The topological polar surface area (TPSA) is 128 Å². The van der Waals surface area contributed by atoms with Gasteiger partial charge in [0.2, 0.25) is 0 Å². The van der Waals surface area contributed by atoms with Gasteiger partial charge >= 0.3 is 11.9 Å². The normalized spacial score (nSPS) is 16.4. The Morgan fingerprint density at radius 3 is 2.52 bits per heavy atom. The molecule has 1 saturated heterocycles. The highest BCUT2D eigenvalue weighted by Crippen LogP contribution is 2.45. The molecule has 0 spiro atoms. The number of anilines is 1. The Bertz CT molecular complexity index is 1450. The van der Waals surface area contributed by atoms with Crippen molar-refractivity contribution in [2.24, 2.45) is 5.92 Å². The molecule has 1 fully saturated rings. The lowest BCUT2D eigenvalue weighted by Gasteiger charge is -2.24. The van der Waals surface area contributed by atoms with Crippen molar-refractivity contribution in [3.05, 3.63) is 70.0 Å². The van der Waals surface area contributed by atoms with Crippen molar-refractivity contribution in [2.45, 2.75) is 40.2 Å².